The molecular weight excluding hydrogens is 248 g/mol. The van der Waals surface area contributed by atoms with Crippen LogP contribution in [0.3, 0.4) is 0 Å². The van der Waals surface area contributed by atoms with E-state index in [9.17, 15) is 13.2 Å². The molecule has 0 aromatic heterocycles. The van der Waals surface area contributed by atoms with Crippen molar-refractivity contribution < 1.29 is 13.2 Å². The summed E-state index contributed by atoms with van der Waals surface area (Å²) in [6.07, 6.45) is 3.19. The van der Waals surface area contributed by atoms with Gasteiger partial charge in [-0.15, -0.1) is 0 Å². The van der Waals surface area contributed by atoms with Crippen LogP contribution in [0.25, 0.3) is 0 Å². The van der Waals surface area contributed by atoms with Gasteiger partial charge in [-0.2, -0.15) is 0 Å². The third-order valence-corrected chi connectivity index (χ3v) is 6.55. The van der Waals surface area contributed by atoms with E-state index in [1.165, 1.54) is 0 Å². The Labute approximate surface area is 110 Å². The number of carbonyl (C=O) groups is 1. The van der Waals surface area contributed by atoms with Crippen LogP contribution in [-0.4, -0.2) is 25.7 Å². The molecule has 0 amide bonds. The van der Waals surface area contributed by atoms with Gasteiger partial charge in [0.15, 0.2) is 9.84 Å². The summed E-state index contributed by atoms with van der Waals surface area (Å²) in [5.74, 6) is 1.45. The highest BCUT2D eigenvalue weighted by molar-refractivity contribution is 7.91. The van der Waals surface area contributed by atoms with Crippen LogP contribution in [-0.2, 0) is 14.6 Å². The number of ketones is 1. The highest BCUT2D eigenvalue weighted by Gasteiger charge is 2.42. The van der Waals surface area contributed by atoms with Gasteiger partial charge in [0.25, 0.3) is 0 Å². The molecule has 0 N–H and O–H groups in total. The third-order valence-electron chi connectivity index (χ3n) is 4.75. The van der Waals surface area contributed by atoms with Crippen molar-refractivity contribution in [3.63, 3.8) is 0 Å². The first-order valence-corrected chi connectivity index (χ1v) is 8.74. The molecular formula is C14H24O3S. The zero-order valence-electron chi connectivity index (χ0n) is 11.6. The van der Waals surface area contributed by atoms with Gasteiger partial charge in [-0.1, -0.05) is 20.8 Å². The second-order valence-corrected chi connectivity index (χ2v) is 9.30. The van der Waals surface area contributed by atoms with Gasteiger partial charge in [0, 0.05) is 12.3 Å². The average molecular weight is 272 g/mol. The smallest absolute Gasteiger partial charge is 0.150 e. The van der Waals surface area contributed by atoms with Crippen molar-refractivity contribution in [2.24, 2.45) is 23.2 Å². The normalized spacial score (nSPS) is 36.8. The lowest BCUT2D eigenvalue weighted by Gasteiger charge is -2.38. The summed E-state index contributed by atoms with van der Waals surface area (Å²) in [7, 11) is -2.87. The zero-order chi connectivity index (χ0) is 13.6. The molecule has 0 spiro atoms. The van der Waals surface area contributed by atoms with Crippen molar-refractivity contribution in [1.82, 2.24) is 0 Å². The summed E-state index contributed by atoms with van der Waals surface area (Å²) < 4.78 is 23.1. The number of sulfone groups is 1. The summed E-state index contributed by atoms with van der Waals surface area (Å²) in [5, 5.41) is 0. The molecule has 0 bridgehead atoms. The van der Waals surface area contributed by atoms with Crippen LogP contribution >= 0.6 is 0 Å². The third kappa shape index (κ3) is 2.95. The van der Waals surface area contributed by atoms with Crippen LogP contribution < -0.4 is 0 Å². The van der Waals surface area contributed by atoms with E-state index >= 15 is 0 Å². The first kappa shape index (κ1) is 14.0. The van der Waals surface area contributed by atoms with Crippen molar-refractivity contribution in [2.75, 3.05) is 11.5 Å². The van der Waals surface area contributed by atoms with E-state index in [2.05, 4.69) is 20.8 Å². The van der Waals surface area contributed by atoms with E-state index in [0.717, 1.165) is 12.8 Å². The van der Waals surface area contributed by atoms with Gasteiger partial charge in [-0.25, -0.2) is 8.42 Å². The Hall–Kier alpha value is -0.380. The Balaban J connectivity index is 2.09. The Morgan fingerprint density at radius 2 is 1.83 bits per heavy atom. The first-order chi connectivity index (χ1) is 8.19. The SMILES string of the molecule is CC(C)(C)C1CCC(=O)C(C2CCS(=O)(=O)C2)C1. The van der Waals surface area contributed by atoms with Crippen molar-refractivity contribution in [2.45, 2.75) is 46.5 Å². The standard InChI is InChI=1S/C14H24O3S/c1-14(2,3)11-4-5-13(15)12(8-11)10-6-7-18(16,17)9-10/h10-12H,4-9H2,1-3H3. The molecule has 3 atom stereocenters. The van der Waals surface area contributed by atoms with Gasteiger partial charge in [0.2, 0.25) is 0 Å². The van der Waals surface area contributed by atoms with Gasteiger partial charge >= 0.3 is 0 Å². The van der Waals surface area contributed by atoms with E-state index in [1.54, 1.807) is 0 Å². The van der Waals surface area contributed by atoms with Crippen LogP contribution in [0, 0.1) is 23.2 Å². The number of hydrogen-bond acceptors (Lipinski definition) is 3. The molecule has 18 heavy (non-hydrogen) atoms. The predicted molar refractivity (Wildman–Crippen MR) is 72.1 cm³/mol. The molecule has 1 aliphatic heterocycles. The summed E-state index contributed by atoms with van der Waals surface area (Å²) in [6, 6.07) is 0. The van der Waals surface area contributed by atoms with Crippen LogP contribution in [0.4, 0.5) is 0 Å². The lowest BCUT2D eigenvalue weighted by atomic mass is 9.66. The summed E-state index contributed by atoms with van der Waals surface area (Å²) in [4.78, 5) is 12.1. The fraction of sp³-hybridized carbons (Fsp3) is 0.929. The molecule has 104 valence electrons. The maximum absolute atomic E-state index is 12.1. The van der Waals surface area contributed by atoms with E-state index in [0.29, 0.717) is 24.5 Å². The largest absolute Gasteiger partial charge is 0.299 e. The Morgan fingerprint density at radius 3 is 2.33 bits per heavy atom. The molecule has 0 aromatic rings. The number of hydrogen-bond donors (Lipinski definition) is 0. The van der Waals surface area contributed by atoms with Crippen LogP contribution in [0.15, 0.2) is 0 Å². The van der Waals surface area contributed by atoms with Crippen molar-refractivity contribution >= 4 is 15.6 Å². The summed E-state index contributed by atoms with van der Waals surface area (Å²) in [5.41, 5.74) is 0.219. The molecule has 2 fully saturated rings. The summed E-state index contributed by atoms with van der Waals surface area (Å²) in [6.45, 7) is 6.65. The maximum atomic E-state index is 12.1. The molecule has 1 heterocycles. The van der Waals surface area contributed by atoms with Crippen molar-refractivity contribution in [3.05, 3.63) is 0 Å². The minimum absolute atomic E-state index is 0.000231. The van der Waals surface area contributed by atoms with Gasteiger partial charge in [-0.05, 0) is 36.5 Å². The van der Waals surface area contributed by atoms with E-state index in [1.807, 2.05) is 0 Å². The minimum atomic E-state index is -2.87. The second kappa shape index (κ2) is 4.62. The van der Waals surface area contributed by atoms with Crippen LogP contribution in [0.5, 0.6) is 0 Å². The Morgan fingerprint density at radius 1 is 1.17 bits per heavy atom. The minimum Gasteiger partial charge on any atom is -0.299 e. The topological polar surface area (TPSA) is 51.2 Å². The molecule has 2 rings (SSSR count). The molecule has 0 radical (unpaired) electrons. The first-order valence-electron chi connectivity index (χ1n) is 6.92. The fourth-order valence-electron chi connectivity index (χ4n) is 3.44. The molecule has 4 heteroatoms. The van der Waals surface area contributed by atoms with Crippen LogP contribution in [0.1, 0.15) is 46.5 Å². The van der Waals surface area contributed by atoms with E-state index < -0.39 is 9.84 Å². The highest BCUT2D eigenvalue weighted by atomic mass is 32.2. The molecule has 0 aromatic carbocycles. The van der Waals surface area contributed by atoms with E-state index in [-0.39, 0.29) is 28.8 Å². The molecule has 2 aliphatic rings. The highest BCUT2D eigenvalue weighted by Crippen LogP contribution is 2.43. The van der Waals surface area contributed by atoms with E-state index in [4.69, 9.17) is 0 Å². The average Bonchev–Trinajstić information content (AvgIpc) is 2.57. The Kier molecular flexibility index (Phi) is 3.60. The summed E-state index contributed by atoms with van der Waals surface area (Å²) >= 11 is 0. The predicted octanol–water partition coefficient (Wildman–Crippen LogP) is 2.45. The Bertz CT molecular complexity index is 430. The number of carbonyl (C=O) groups excluding carboxylic acids is 1. The lowest BCUT2D eigenvalue weighted by Crippen LogP contribution is -2.36. The zero-order valence-corrected chi connectivity index (χ0v) is 12.4. The molecule has 1 saturated carbocycles. The molecule has 1 aliphatic carbocycles. The maximum Gasteiger partial charge on any atom is 0.150 e. The molecule has 3 unspecified atom stereocenters. The monoisotopic (exact) mass is 272 g/mol. The van der Waals surface area contributed by atoms with Gasteiger partial charge < -0.3 is 0 Å². The molecule has 1 saturated heterocycles. The number of rotatable bonds is 1. The second-order valence-electron chi connectivity index (χ2n) is 7.07. The van der Waals surface area contributed by atoms with Crippen LogP contribution in [0.2, 0.25) is 0 Å². The van der Waals surface area contributed by atoms with Crippen molar-refractivity contribution in [1.29, 1.82) is 0 Å². The molecule has 3 nitrogen and oxygen atoms in total. The lowest BCUT2D eigenvalue weighted by molar-refractivity contribution is -0.128. The van der Waals surface area contributed by atoms with Gasteiger partial charge in [0.1, 0.15) is 5.78 Å². The van der Waals surface area contributed by atoms with Gasteiger partial charge in [0.05, 0.1) is 11.5 Å². The number of Topliss-reactive ketones (excluding diaryl/α,β-unsaturated/α-hetero) is 1. The van der Waals surface area contributed by atoms with Gasteiger partial charge in [-0.3, -0.25) is 4.79 Å². The van der Waals surface area contributed by atoms with Crippen molar-refractivity contribution in [3.8, 4) is 0 Å². The fourth-order valence-corrected chi connectivity index (χ4v) is 5.32. The quantitative estimate of drug-likeness (QED) is 0.736.